The Bertz CT molecular complexity index is 243. The van der Waals surface area contributed by atoms with E-state index >= 15 is 0 Å². The molecule has 13 heavy (non-hydrogen) atoms. The van der Waals surface area contributed by atoms with Gasteiger partial charge in [-0.25, -0.2) is 0 Å². The van der Waals surface area contributed by atoms with Crippen LogP contribution < -0.4 is 0 Å². The lowest BCUT2D eigenvalue weighted by atomic mass is 9.97. The fraction of sp³-hybridized carbons (Fsp3) is 0.545. The maximum atomic E-state index is 10.7. The molecule has 0 saturated heterocycles. The van der Waals surface area contributed by atoms with E-state index in [4.69, 9.17) is 11.5 Å². The molecule has 0 aromatic heterocycles. The summed E-state index contributed by atoms with van der Waals surface area (Å²) in [5, 5.41) is 8.79. The van der Waals surface area contributed by atoms with Crippen LogP contribution in [0.15, 0.2) is 11.6 Å². The number of hydrogen-bond donors (Lipinski definition) is 1. The van der Waals surface area contributed by atoms with E-state index in [1.165, 1.54) is 0 Å². The van der Waals surface area contributed by atoms with Crippen LogP contribution in [0, 0.1) is 24.2 Å². The molecule has 0 aromatic rings. The smallest absolute Gasteiger partial charge is 0.311 e. The summed E-state index contributed by atoms with van der Waals surface area (Å²) in [5.41, 5.74) is 1.07. The minimum absolute atomic E-state index is 0.263. The van der Waals surface area contributed by atoms with Crippen LogP contribution in [0.4, 0.5) is 0 Å². The van der Waals surface area contributed by atoms with Crippen LogP contribution >= 0.6 is 0 Å². The molecule has 2 nitrogen and oxygen atoms in total. The van der Waals surface area contributed by atoms with Crippen molar-refractivity contribution in [3.8, 4) is 12.3 Å². The average Bonchev–Trinajstić information content (AvgIpc) is 2.03. The second-order valence-corrected chi connectivity index (χ2v) is 3.42. The van der Waals surface area contributed by atoms with E-state index in [0.717, 1.165) is 5.57 Å². The number of hydrogen-bond acceptors (Lipinski definition) is 1. The number of carboxylic acid groups (broad SMARTS) is 1. The predicted molar refractivity (Wildman–Crippen MR) is 53.2 cm³/mol. The lowest BCUT2D eigenvalue weighted by Crippen LogP contribution is -2.11. The Labute approximate surface area is 79.7 Å². The molecule has 1 unspecified atom stereocenters. The van der Waals surface area contributed by atoms with Gasteiger partial charge < -0.3 is 5.11 Å². The van der Waals surface area contributed by atoms with Gasteiger partial charge in [0, 0.05) is 6.42 Å². The van der Waals surface area contributed by atoms with Gasteiger partial charge in [0.2, 0.25) is 0 Å². The second kappa shape index (κ2) is 5.42. The van der Waals surface area contributed by atoms with E-state index in [1.807, 2.05) is 20.8 Å². The third-order valence-corrected chi connectivity index (χ3v) is 2.03. The summed E-state index contributed by atoms with van der Waals surface area (Å²) in [5.74, 6) is 1.36. The molecule has 2 heteroatoms. The standard InChI is InChI=1S/C11H16O2/c1-5-6-10(11(12)13)7-9(4)8(2)3/h1,7-8,10H,6H2,2-4H3,(H,12,13). The van der Waals surface area contributed by atoms with Crippen LogP contribution in [0.25, 0.3) is 0 Å². The fourth-order valence-corrected chi connectivity index (χ4v) is 0.854. The SMILES string of the molecule is C#CCC(C=C(C)C(C)C)C(=O)O. The zero-order chi connectivity index (χ0) is 10.4. The molecule has 0 fully saturated rings. The van der Waals surface area contributed by atoms with Crippen molar-refractivity contribution in [2.24, 2.45) is 11.8 Å². The van der Waals surface area contributed by atoms with Crippen LogP contribution in [-0.4, -0.2) is 11.1 Å². The summed E-state index contributed by atoms with van der Waals surface area (Å²) in [6.45, 7) is 5.98. The van der Waals surface area contributed by atoms with Crippen molar-refractivity contribution in [1.29, 1.82) is 0 Å². The molecular formula is C11H16O2. The molecule has 0 bridgehead atoms. The van der Waals surface area contributed by atoms with E-state index < -0.39 is 11.9 Å². The number of rotatable bonds is 4. The number of terminal acetylenes is 1. The largest absolute Gasteiger partial charge is 0.481 e. The van der Waals surface area contributed by atoms with E-state index in [0.29, 0.717) is 5.92 Å². The molecule has 0 aromatic carbocycles. The van der Waals surface area contributed by atoms with Crippen molar-refractivity contribution in [3.05, 3.63) is 11.6 Å². The van der Waals surface area contributed by atoms with Gasteiger partial charge in [0.15, 0.2) is 0 Å². The lowest BCUT2D eigenvalue weighted by molar-refractivity contribution is -0.139. The molecule has 0 rings (SSSR count). The highest BCUT2D eigenvalue weighted by molar-refractivity contribution is 5.72. The van der Waals surface area contributed by atoms with Crippen molar-refractivity contribution in [3.63, 3.8) is 0 Å². The summed E-state index contributed by atoms with van der Waals surface area (Å²) < 4.78 is 0. The third-order valence-electron chi connectivity index (χ3n) is 2.03. The summed E-state index contributed by atoms with van der Waals surface area (Å²) in [4.78, 5) is 10.7. The monoisotopic (exact) mass is 180 g/mol. The summed E-state index contributed by atoms with van der Waals surface area (Å²) >= 11 is 0. The molecule has 0 amide bonds. The Hall–Kier alpha value is -1.23. The number of carbonyl (C=O) groups is 1. The van der Waals surface area contributed by atoms with Crippen LogP contribution in [0.2, 0.25) is 0 Å². The minimum Gasteiger partial charge on any atom is -0.481 e. The van der Waals surface area contributed by atoms with Crippen LogP contribution in [-0.2, 0) is 4.79 Å². The molecular weight excluding hydrogens is 164 g/mol. The van der Waals surface area contributed by atoms with Crippen molar-refractivity contribution in [1.82, 2.24) is 0 Å². The second-order valence-electron chi connectivity index (χ2n) is 3.42. The number of carboxylic acids is 1. The van der Waals surface area contributed by atoms with Crippen LogP contribution in [0.5, 0.6) is 0 Å². The molecule has 0 aliphatic rings. The van der Waals surface area contributed by atoms with Crippen molar-refractivity contribution >= 4 is 5.97 Å². The third kappa shape index (κ3) is 4.37. The Morgan fingerprint density at radius 3 is 2.46 bits per heavy atom. The maximum absolute atomic E-state index is 10.7. The number of allylic oxidation sites excluding steroid dienone is 1. The molecule has 0 aliphatic heterocycles. The van der Waals surface area contributed by atoms with Crippen molar-refractivity contribution < 1.29 is 9.90 Å². The highest BCUT2D eigenvalue weighted by atomic mass is 16.4. The van der Waals surface area contributed by atoms with E-state index in [-0.39, 0.29) is 6.42 Å². The van der Waals surface area contributed by atoms with Gasteiger partial charge in [0.25, 0.3) is 0 Å². The Balaban J connectivity index is 4.51. The first-order chi connectivity index (χ1) is 5.99. The van der Waals surface area contributed by atoms with Gasteiger partial charge in [-0.1, -0.05) is 25.5 Å². The van der Waals surface area contributed by atoms with Crippen LogP contribution in [0.3, 0.4) is 0 Å². The fourth-order valence-electron chi connectivity index (χ4n) is 0.854. The van der Waals surface area contributed by atoms with Crippen molar-refractivity contribution in [2.75, 3.05) is 0 Å². The van der Waals surface area contributed by atoms with Gasteiger partial charge in [-0.3, -0.25) is 4.79 Å². The molecule has 72 valence electrons. The van der Waals surface area contributed by atoms with Gasteiger partial charge in [0.1, 0.15) is 0 Å². The summed E-state index contributed by atoms with van der Waals surface area (Å²) in [6, 6.07) is 0. The molecule has 0 saturated carbocycles. The molecule has 1 atom stereocenters. The molecule has 0 heterocycles. The Morgan fingerprint density at radius 2 is 2.15 bits per heavy atom. The Morgan fingerprint density at radius 1 is 1.62 bits per heavy atom. The predicted octanol–water partition coefficient (Wildman–Crippen LogP) is 2.31. The van der Waals surface area contributed by atoms with Crippen LogP contribution in [0.1, 0.15) is 27.2 Å². The summed E-state index contributed by atoms with van der Waals surface area (Å²) in [7, 11) is 0. The van der Waals surface area contributed by atoms with E-state index in [1.54, 1.807) is 6.08 Å². The minimum atomic E-state index is -0.849. The van der Waals surface area contributed by atoms with Gasteiger partial charge in [-0.2, -0.15) is 0 Å². The lowest BCUT2D eigenvalue weighted by Gasteiger charge is -2.08. The number of aliphatic carboxylic acids is 1. The topological polar surface area (TPSA) is 37.3 Å². The zero-order valence-corrected chi connectivity index (χ0v) is 8.37. The van der Waals surface area contributed by atoms with Gasteiger partial charge in [-0.15, -0.1) is 12.3 Å². The average molecular weight is 180 g/mol. The summed E-state index contributed by atoms with van der Waals surface area (Å²) in [6.07, 6.45) is 7.08. The highest BCUT2D eigenvalue weighted by Crippen LogP contribution is 2.14. The molecule has 0 aliphatic carbocycles. The van der Waals surface area contributed by atoms with Crippen molar-refractivity contribution in [2.45, 2.75) is 27.2 Å². The first-order valence-corrected chi connectivity index (χ1v) is 4.33. The normalized spacial score (nSPS) is 13.9. The van der Waals surface area contributed by atoms with Gasteiger partial charge >= 0.3 is 5.97 Å². The Kier molecular flexibility index (Phi) is 4.91. The van der Waals surface area contributed by atoms with E-state index in [9.17, 15) is 4.79 Å². The first-order valence-electron chi connectivity index (χ1n) is 4.33. The van der Waals surface area contributed by atoms with Gasteiger partial charge in [-0.05, 0) is 12.8 Å². The molecule has 0 spiro atoms. The van der Waals surface area contributed by atoms with E-state index in [2.05, 4.69) is 5.92 Å². The maximum Gasteiger partial charge on any atom is 0.311 e. The quantitative estimate of drug-likeness (QED) is 0.532. The highest BCUT2D eigenvalue weighted by Gasteiger charge is 2.13. The molecule has 0 radical (unpaired) electrons. The zero-order valence-electron chi connectivity index (χ0n) is 8.37. The van der Waals surface area contributed by atoms with Gasteiger partial charge in [0.05, 0.1) is 5.92 Å². The molecule has 1 N–H and O–H groups in total. The first kappa shape index (κ1) is 11.8.